The molecule has 1 atom stereocenters. The number of nitrogens with one attached hydrogen (secondary N) is 1. The maximum atomic E-state index is 12.9. The molecule has 1 saturated carbocycles. The molecule has 0 spiro atoms. The number of carbonyl (C=O) groups excluding carboxylic acids is 4. The number of hydrogen-bond acceptors (Lipinski definition) is 6. The van der Waals surface area contributed by atoms with Crippen molar-refractivity contribution >= 4 is 52.5 Å². The summed E-state index contributed by atoms with van der Waals surface area (Å²) in [6, 6.07) is 10.1. The molecule has 1 heterocycles. The molecule has 0 radical (unpaired) electrons. The normalized spacial score (nSPS) is 19.0. The summed E-state index contributed by atoms with van der Waals surface area (Å²) in [6.07, 6.45) is 6.83. The monoisotopic (exact) mass is 516 g/mol. The van der Waals surface area contributed by atoms with Gasteiger partial charge in [-0.1, -0.05) is 48.9 Å². The van der Waals surface area contributed by atoms with E-state index in [0.717, 1.165) is 30.6 Å². The molecule has 2 aliphatic rings. The molecule has 1 saturated heterocycles. The van der Waals surface area contributed by atoms with Crippen molar-refractivity contribution in [3.05, 3.63) is 63.6 Å². The number of benzene rings is 2. The fourth-order valence-electron chi connectivity index (χ4n) is 4.52. The van der Waals surface area contributed by atoms with Crippen LogP contribution >= 0.6 is 23.2 Å². The van der Waals surface area contributed by atoms with Crippen LogP contribution < -0.4 is 10.2 Å². The first-order valence-corrected chi connectivity index (χ1v) is 12.5. The second-order valence-corrected chi connectivity index (χ2v) is 9.69. The highest BCUT2D eigenvalue weighted by molar-refractivity contribution is 6.36. The van der Waals surface area contributed by atoms with Crippen LogP contribution in [0.2, 0.25) is 10.0 Å². The number of nitrogens with zero attached hydrogens (tertiary/aromatic N) is 1. The minimum atomic E-state index is -0.707. The fraction of sp³-hybridized carbons (Fsp3) is 0.385. The molecule has 9 heteroatoms. The van der Waals surface area contributed by atoms with Crippen LogP contribution in [0.4, 0.5) is 5.69 Å². The highest BCUT2D eigenvalue weighted by Gasteiger charge is 2.40. The zero-order chi connectivity index (χ0) is 24.9. The first-order chi connectivity index (χ1) is 16.8. The number of ether oxygens (including phenoxy) is 1. The van der Waals surface area contributed by atoms with Gasteiger partial charge in [0.05, 0.1) is 28.7 Å². The van der Waals surface area contributed by atoms with E-state index in [1.807, 2.05) is 0 Å². The summed E-state index contributed by atoms with van der Waals surface area (Å²) in [7, 11) is 0. The molecule has 4 rings (SSSR count). The second-order valence-electron chi connectivity index (χ2n) is 8.85. The zero-order valence-electron chi connectivity index (χ0n) is 19.1. The first kappa shape index (κ1) is 25.4. The van der Waals surface area contributed by atoms with Crippen molar-refractivity contribution in [2.75, 3.05) is 11.5 Å². The van der Waals surface area contributed by atoms with E-state index in [9.17, 15) is 19.2 Å². The van der Waals surface area contributed by atoms with E-state index < -0.39 is 24.4 Å². The van der Waals surface area contributed by atoms with E-state index in [1.165, 1.54) is 55.3 Å². The zero-order valence-corrected chi connectivity index (χ0v) is 20.6. The second kappa shape index (κ2) is 11.3. The Hall–Kier alpha value is -2.74. The van der Waals surface area contributed by atoms with Crippen LogP contribution in [-0.2, 0) is 14.3 Å². The predicted octanol–water partition coefficient (Wildman–Crippen LogP) is 4.98. The maximum Gasteiger partial charge on any atom is 0.338 e. The molecule has 1 unspecified atom stereocenters. The fourth-order valence-corrected chi connectivity index (χ4v) is 5.03. The van der Waals surface area contributed by atoms with Gasteiger partial charge in [-0.05, 0) is 55.3 Å². The van der Waals surface area contributed by atoms with Gasteiger partial charge in [-0.3, -0.25) is 14.4 Å². The molecule has 0 aromatic heterocycles. The van der Waals surface area contributed by atoms with Gasteiger partial charge in [0.2, 0.25) is 11.7 Å². The topological polar surface area (TPSA) is 92.8 Å². The van der Waals surface area contributed by atoms with Gasteiger partial charge < -0.3 is 10.1 Å². The number of carbonyl (C=O) groups is 4. The van der Waals surface area contributed by atoms with Crippen LogP contribution in [0.15, 0.2) is 42.5 Å². The van der Waals surface area contributed by atoms with Crippen molar-refractivity contribution in [1.29, 1.82) is 0 Å². The number of anilines is 1. The third kappa shape index (κ3) is 6.10. The average molecular weight is 517 g/mol. The number of hydrogen-bond donors (Lipinski definition) is 1. The van der Waals surface area contributed by atoms with Gasteiger partial charge >= 0.3 is 5.97 Å². The molecule has 2 amide bonds. The number of rotatable bonds is 7. The SMILES string of the molecule is O=C(OCC(=O)c1ccc(Cl)cc1Cl)c1ccc(N2C(=O)CC(NC3CCCCCC3)C2=O)cc1. The van der Waals surface area contributed by atoms with Crippen molar-refractivity contribution in [3.8, 4) is 0 Å². The molecule has 35 heavy (non-hydrogen) atoms. The van der Waals surface area contributed by atoms with Crippen molar-refractivity contribution < 1.29 is 23.9 Å². The summed E-state index contributed by atoms with van der Waals surface area (Å²) >= 11 is 11.9. The molecule has 7 nitrogen and oxygen atoms in total. The third-order valence-electron chi connectivity index (χ3n) is 6.37. The Kier molecular flexibility index (Phi) is 8.21. The van der Waals surface area contributed by atoms with E-state index >= 15 is 0 Å². The Morgan fingerprint density at radius 2 is 1.66 bits per heavy atom. The standard InChI is InChI=1S/C26H26Cl2N2O5/c27-17-9-12-20(21(28)13-17)23(31)15-35-26(34)16-7-10-19(11-8-16)30-24(32)14-22(25(30)33)29-18-5-3-1-2-4-6-18/h7-13,18,22,29H,1-6,14-15H2. The third-order valence-corrected chi connectivity index (χ3v) is 6.91. The minimum absolute atomic E-state index is 0.120. The average Bonchev–Trinajstić information content (AvgIpc) is 2.98. The van der Waals surface area contributed by atoms with Crippen LogP contribution in [0.3, 0.4) is 0 Å². The number of imide groups is 1. The summed E-state index contributed by atoms with van der Waals surface area (Å²) in [6.45, 7) is -0.487. The molecular weight excluding hydrogens is 491 g/mol. The smallest absolute Gasteiger partial charge is 0.338 e. The van der Waals surface area contributed by atoms with Gasteiger partial charge in [0.15, 0.2) is 6.61 Å². The number of halogens is 2. The first-order valence-electron chi connectivity index (χ1n) is 11.7. The molecule has 0 bridgehead atoms. The molecule has 2 fully saturated rings. The largest absolute Gasteiger partial charge is 0.454 e. The highest BCUT2D eigenvalue weighted by atomic mass is 35.5. The Morgan fingerprint density at radius 1 is 0.971 bits per heavy atom. The van der Waals surface area contributed by atoms with Gasteiger partial charge in [-0.2, -0.15) is 0 Å². The van der Waals surface area contributed by atoms with Gasteiger partial charge in [0.1, 0.15) is 0 Å². The highest BCUT2D eigenvalue weighted by Crippen LogP contribution is 2.26. The van der Waals surface area contributed by atoms with Gasteiger partial charge in [0, 0.05) is 16.6 Å². The molecule has 2 aromatic carbocycles. The van der Waals surface area contributed by atoms with Crippen LogP contribution in [0.1, 0.15) is 65.7 Å². The Labute approximate surface area is 213 Å². The quantitative estimate of drug-likeness (QED) is 0.241. The number of amides is 2. The summed E-state index contributed by atoms with van der Waals surface area (Å²) in [5, 5.41) is 3.95. The van der Waals surface area contributed by atoms with E-state index in [4.69, 9.17) is 27.9 Å². The van der Waals surface area contributed by atoms with Gasteiger partial charge in [-0.15, -0.1) is 0 Å². The molecule has 1 aliphatic heterocycles. The van der Waals surface area contributed by atoms with Crippen LogP contribution in [0, 0.1) is 0 Å². The Balaban J connectivity index is 1.35. The van der Waals surface area contributed by atoms with Crippen molar-refractivity contribution in [2.45, 2.75) is 57.0 Å². The maximum absolute atomic E-state index is 12.9. The molecule has 184 valence electrons. The number of Topliss-reactive ketones (excluding diaryl/α,β-unsaturated/α-hetero) is 1. The van der Waals surface area contributed by atoms with E-state index in [2.05, 4.69) is 5.32 Å². The number of ketones is 1. The van der Waals surface area contributed by atoms with E-state index in [-0.39, 0.29) is 40.4 Å². The molecular formula is C26H26Cl2N2O5. The van der Waals surface area contributed by atoms with Crippen LogP contribution in [0.5, 0.6) is 0 Å². The summed E-state index contributed by atoms with van der Waals surface area (Å²) in [4.78, 5) is 51.4. The Morgan fingerprint density at radius 3 is 2.31 bits per heavy atom. The summed E-state index contributed by atoms with van der Waals surface area (Å²) in [5.74, 6) is -1.72. The lowest BCUT2D eigenvalue weighted by molar-refractivity contribution is -0.121. The van der Waals surface area contributed by atoms with Crippen molar-refractivity contribution in [2.24, 2.45) is 0 Å². The summed E-state index contributed by atoms with van der Waals surface area (Å²) in [5.41, 5.74) is 0.791. The summed E-state index contributed by atoms with van der Waals surface area (Å²) < 4.78 is 5.11. The lowest BCUT2D eigenvalue weighted by Gasteiger charge is -2.21. The van der Waals surface area contributed by atoms with Crippen LogP contribution in [-0.4, -0.2) is 42.3 Å². The lowest BCUT2D eigenvalue weighted by Crippen LogP contribution is -2.43. The van der Waals surface area contributed by atoms with Gasteiger partial charge in [-0.25, -0.2) is 9.69 Å². The van der Waals surface area contributed by atoms with Crippen molar-refractivity contribution in [1.82, 2.24) is 5.32 Å². The number of esters is 1. The van der Waals surface area contributed by atoms with Crippen molar-refractivity contribution in [3.63, 3.8) is 0 Å². The molecule has 1 N–H and O–H groups in total. The van der Waals surface area contributed by atoms with Gasteiger partial charge in [0.25, 0.3) is 5.91 Å². The molecule has 2 aromatic rings. The molecule has 1 aliphatic carbocycles. The van der Waals surface area contributed by atoms with E-state index in [1.54, 1.807) is 0 Å². The minimum Gasteiger partial charge on any atom is -0.454 e. The van der Waals surface area contributed by atoms with Crippen LogP contribution in [0.25, 0.3) is 0 Å². The Bertz CT molecular complexity index is 1130. The van der Waals surface area contributed by atoms with E-state index in [0.29, 0.717) is 10.7 Å². The lowest BCUT2D eigenvalue weighted by atomic mass is 10.1. The predicted molar refractivity (Wildman–Crippen MR) is 133 cm³/mol.